The Labute approximate surface area is 223 Å². The number of nitrogens with zero attached hydrogens (tertiary/aromatic N) is 2. The number of para-hydroxylation sites is 1. The molecule has 1 aliphatic carbocycles. The van der Waals surface area contributed by atoms with Crippen LogP contribution in [0.1, 0.15) is 47.6 Å². The second kappa shape index (κ2) is 10.5. The van der Waals surface area contributed by atoms with E-state index in [4.69, 9.17) is 9.47 Å². The van der Waals surface area contributed by atoms with Gasteiger partial charge in [-0.3, -0.25) is 9.89 Å². The topological polar surface area (TPSA) is 79.5 Å². The number of hydrogen-bond acceptors (Lipinski definition) is 5. The highest BCUT2D eigenvalue weighted by atomic mass is 16.5. The van der Waals surface area contributed by atoms with E-state index in [1.54, 1.807) is 7.11 Å². The molecule has 2 heterocycles. The minimum absolute atomic E-state index is 0.0738. The van der Waals surface area contributed by atoms with Crippen molar-refractivity contribution in [1.82, 2.24) is 20.4 Å². The van der Waals surface area contributed by atoms with Crippen LogP contribution in [0.5, 0.6) is 11.5 Å². The molecule has 3 aromatic carbocycles. The molecule has 196 valence electrons. The molecule has 4 aromatic rings. The first-order valence-corrected chi connectivity index (χ1v) is 13.5. The molecule has 38 heavy (non-hydrogen) atoms. The highest BCUT2D eigenvalue weighted by Gasteiger charge is 2.35. The fourth-order valence-electron chi connectivity index (χ4n) is 5.39. The molecular formula is C31H34N4O3. The highest BCUT2D eigenvalue weighted by molar-refractivity contribution is 6.01. The standard InChI is InChI=1S/C31H34N4O3/c1-35-17-15-24(16-18-35)38-23-12-9-21(10-13-23)30-26-19-22(11-14-27(26)33-34-30)31(36)32-29(20-7-8-20)25-5-3-4-6-28(25)37-2/h3-6,9-14,19-20,24,29H,7-8,15-18H2,1-2H3,(H,32,36)(H,33,34). The number of methoxy groups -OCH3 is 1. The van der Waals surface area contributed by atoms with Crippen LogP contribution in [0.4, 0.5) is 0 Å². The number of aromatic amines is 1. The summed E-state index contributed by atoms with van der Waals surface area (Å²) in [6.45, 7) is 2.14. The molecule has 0 radical (unpaired) electrons. The molecule has 2 N–H and O–H groups in total. The lowest BCUT2D eigenvalue weighted by Gasteiger charge is -2.29. The number of fused-ring (bicyclic) bond motifs is 1. The van der Waals surface area contributed by atoms with E-state index in [0.29, 0.717) is 11.5 Å². The van der Waals surface area contributed by atoms with Crippen LogP contribution < -0.4 is 14.8 Å². The molecule has 2 aliphatic rings. The number of carbonyl (C=O) groups excluding carboxylic acids is 1. The first-order chi connectivity index (χ1) is 18.6. The quantitative estimate of drug-likeness (QED) is 0.323. The fraction of sp³-hybridized carbons (Fsp3) is 0.355. The second-order valence-corrected chi connectivity index (χ2v) is 10.5. The lowest BCUT2D eigenvalue weighted by Crippen LogP contribution is -2.35. The average molecular weight is 511 g/mol. The van der Waals surface area contributed by atoms with Gasteiger partial charge < -0.3 is 19.7 Å². The van der Waals surface area contributed by atoms with Crippen molar-refractivity contribution in [3.63, 3.8) is 0 Å². The van der Waals surface area contributed by atoms with Gasteiger partial charge >= 0.3 is 0 Å². The van der Waals surface area contributed by atoms with Crippen molar-refractivity contribution in [3.8, 4) is 22.8 Å². The van der Waals surface area contributed by atoms with E-state index >= 15 is 0 Å². The lowest BCUT2D eigenvalue weighted by atomic mass is 10.00. The molecule has 7 heteroatoms. The van der Waals surface area contributed by atoms with Gasteiger partial charge in [0.25, 0.3) is 5.91 Å². The number of benzene rings is 3. The van der Waals surface area contributed by atoms with Gasteiger partial charge in [0.05, 0.1) is 24.4 Å². The molecule has 1 unspecified atom stereocenters. The predicted octanol–water partition coefficient (Wildman–Crippen LogP) is 5.59. The van der Waals surface area contributed by atoms with Crippen LogP contribution in [-0.2, 0) is 0 Å². The maximum Gasteiger partial charge on any atom is 0.251 e. The molecule has 7 nitrogen and oxygen atoms in total. The van der Waals surface area contributed by atoms with Crippen LogP contribution in [0.2, 0.25) is 0 Å². The minimum Gasteiger partial charge on any atom is -0.496 e. The predicted molar refractivity (Wildman–Crippen MR) is 149 cm³/mol. The van der Waals surface area contributed by atoms with Crippen molar-refractivity contribution in [2.75, 3.05) is 27.2 Å². The van der Waals surface area contributed by atoms with Gasteiger partial charge in [-0.15, -0.1) is 0 Å². The summed E-state index contributed by atoms with van der Waals surface area (Å²) in [4.78, 5) is 15.8. The largest absolute Gasteiger partial charge is 0.496 e. The van der Waals surface area contributed by atoms with E-state index in [1.807, 2.05) is 66.7 Å². The fourth-order valence-corrected chi connectivity index (χ4v) is 5.39. The zero-order valence-electron chi connectivity index (χ0n) is 21.9. The summed E-state index contributed by atoms with van der Waals surface area (Å²) in [6.07, 6.45) is 4.56. The number of likely N-dealkylation sites (tertiary alicyclic amines) is 1. The van der Waals surface area contributed by atoms with Gasteiger partial charge in [0.1, 0.15) is 17.6 Å². The van der Waals surface area contributed by atoms with E-state index < -0.39 is 0 Å². The number of aromatic nitrogens is 2. The number of amides is 1. The Bertz CT molecular complexity index is 1420. The molecule has 6 rings (SSSR count). The molecule has 0 spiro atoms. The Kier molecular flexibility index (Phi) is 6.77. The number of rotatable bonds is 8. The third-order valence-electron chi connectivity index (χ3n) is 7.78. The first-order valence-electron chi connectivity index (χ1n) is 13.5. The van der Waals surface area contributed by atoms with Crippen molar-refractivity contribution in [1.29, 1.82) is 0 Å². The third-order valence-corrected chi connectivity index (χ3v) is 7.78. The van der Waals surface area contributed by atoms with Gasteiger partial charge in [-0.2, -0.15) is 5.10 Å². The summed E-state index contributed by atoms with van der Waals surface area (Å²) in [5, 5.41) is 11.9. The molecule has 1 atom stereocenters. The molecular weight excluding hydrogens is 476 g/mol. The Balaban J connectivity index is 1.21. The number of H-pyrrole nitrogens is 1. The summed E-state index contributed by atoms with van der Waals surface area (Å²) in [7, 11) is 3.83. The van der Waals surface area contributed by atoms with Gasteiger partial charge in [0.15, 0.2) is 0 Å². The van der Waals surface area contributed by atoms with E-state index in [0.717, 1.165) is 78.0 Å². The maximum absolute atomic E-state index is 13.4. The van der Waals surface area contributed by atoms with E-state index in [-0.39, 0.29) is 18.1 Å². The molecule has 2 fully saturated rings. The maximum atomic E-state index is 13.4. The van der Waals surface area contributed by atoms with Gasteiger partial charge in [-0.1, -0.05) is 18.2 Å². The van der Waals surface area contributed by atoms with Crippen LogP contribution in [0.15, 0.2) is 66.7 Å². The molecule has 1 aliphatic heterocycles. The Morgan fingerprint density at radius 3 is 2.53 bits per heavy atom. The summed E-state index contributed by atoms with van der Waals surface area (Å²) >= 11 is 0. The van der Waals surface area contributed by atoms with Gasteiger partial charge in [0.2, 0.25) is 0 Å². The molecule has 1 aromatic heterocycles. The Morgan fingerprint density at radius 2 is 1.79 bits per heavy atom. The monoisotopic (exact) mass is 510 g/mol. The SMILES string of the molecule is COc1ccccc1C(NC(=O)c1ccc2[nH]nc(-c3ccc(OC4CCN(C)CC4)cc3)c2c1)C1CC1. The first kappa shape index (κ1) is 24.5. The van der Waals surface area contributed by atoms with Crippen LogP contribution in [0, 0.1) is 5.92 Å². The summed E-state index contributed by atoms with van der Waals surface area (Å²) in [5.41, 5.74) is 4.34. The normalized spacial score (nSPS) is 17.3. The molecule has 0 bridgehead atoms. The third kappa shape index (κ3) is 5.11. The minimum atomic E-state index is -0.0938. The average Bonchev–Trinajstić information content (AvgIpc) is 3.71. The Morgan fingerprint density at radius 1 is 1.03 bits per heavy atom. The number of ether oxygens (including phenoxy) is 2. The molecule has 1 saturated heterocycles. The van der Waals surface area contributed by atoms with Crippen molar-refractivity contribution in [2.24, 2.45) is 5.92 Å². The van der Waals surface area contributed by atoms with Crippen molar-refractivity contribution >= 4 is 16.8 Å². The summed E-state index contributed by atoms with van der Waals surface area (Å²) < 4.78 is 11.8. The van der Waals surface area contributed by atoms with E-state index in [1.165, 1.54) is 0 Å². The van der Waals surface area contributed by atoms with E-state index in [2.05, 4.69) is 27.5 Å². The van der Waals surface area contributed by atoms with Crippen LogP contribution in [0.3, 0.4) is 0 Å². The van der Waals surface area contributed by atoms with Crippen molar-refractivity contribution in [2.45, 2.75) is 37.8 Å². The van der Waals surface area contributed by atoms with Crippen LogP contribution in [-0.4, -0.2) is 54.4 Å². The number of hydrogen-bond donors (Lipinski definition) is 2. The number of piperidine rings is 1. The van der Waals surface area contributed by atoms with Crippen molar-refractivity contribution < 1.29 is 14.3 Å². The highest BCUT2D eigenvalue weighted by Crippen LogP contribution is 2.43. The summed E-state index contributed by atoms with van der Waals surface area (Å²) in [5.74, 6) is 2.02. The zero-order valence-corrected chi connectivity index (χ0v) is 21.9. The summed E-state index contributed by atoms with van der Waals surface area (Å²) in [6, 6.07) is 21.7. The Hall–Kier alpha value is -3.84. The lowest BCUT2D eigenvalue weighted by molar-refractivity contribution is 0.0931. The smallest absolute Gasteiger partial charge is 0.251 e. The number of carbonyl (C=O) groups is 1. The van der Waals surface area contributed by atoms with Gasteiger partial charge in [-0.25, -0.2) is 0 Å². The van der Waals surface area contributed by atoms with Gasteiger partial charge in [-0.05, 0) is 87.2 Å². The van der Waals surface area contributed by atoms with Gasteiger partial charge in [0, 0.05) is 35.2 Å². The van der Waals surface area contributed by atoms with E-state index in [9.17, 15) is 4.79 Å². The number of nitrogens with one attached hydrogen (secondary N) is 2. The molecule has 1 amide bonds. The molecule has 1 saturated carbocycles. The zero-order chi connectivity index (χ0) is 26.1. The second-order valence-electron chi connectivity index (χ2n) is 10.5. The van der Waals surface area contributed by atoms with Crippen LogP contribution in [0.25, 0.3) is 22.2 Å². The van der Waals surface area contributed by atoms with Crippen LogP contribution >= 0.6 is 0 Å². The van der Waals surface area contributed by atoms with Crippen molar-refractivity contribution in [3.05, 3.63) is 77.9 Å².